The minimum absolute atomic E-state index is 0.173. The van der Waals surface area contributed by atoms with Crippen LogP contribution in [-0.4, -0.2) is 26.9 Å². The fraction of sp³-hybridized carbons (Fsp3) is 0.235. The number of hydrogen-bond acceptors (Lipinski definition) is 4. The van der Waals surface area contributed by atoms with Crippen LogP contribution in [0.3, 0.4) is 0 Å². The van der Waals surface area contributed by atoms with Gasteiger partial charge in [-0.15, -0.1) is 11.6 Å². The summed E-state index contributed by atoms with van der Waals surface area (Å²) in [7, 11) is 0. The van der Waals surface area contributed by atoms with Crippen molar-refractivity contribution in [3.63, 3.8) is 0 Å². The fourth-order valence-electron chi connectivity index (χ4n) is 2.59. The average Bonchev–Trinajstić information content (AvgIpc) is 2.98. The SMILES string of the molecule is CCOC(=O)c1cn2c(-c3ccc(Cl)cc3Cl)c(CCl)c(C)nc2n1. The monoisotopic (exact) mass is 397 g/mol. The predicted molar refractivity (Wildman–Crippen MR) is 98.7 cm³/mol. The Morgan fingerprint density at radius 3 is 2.68 bits per heavy atom. The molecule has 0 spiro atoms. The number of aromatic nitrogens is 3. The van der Waals surface area contributed by atoms with Crippen LogP contribution in [0.4, 0.5) is 0 Å². The van der Waals surface area contributed by atoms with E-state index in [1.165, 1.54) is 0 Å². The molecular formula is C17H14Cl3N3O2. The zero-order valence-corrected chi connectivity index (χ0v) is 15.8. The molecule has 0 saturated heterocycles. The average molecular weight is 399 g/mol. The molecule has 0 aliphatic rings. The van der Waals surface area contributed by atoms with Crippen LogP contribution < -0.4 is 0 Å². The number of fused-ring (bicyclic) bond motifs is 1. The highest BCUT2D eigenvalue weighted by molar-refractivity contribution is 6.36. The molecule has 2 heterocycles. The van der Waals surface area contributed by atoms with E-state index in [0.29, 0.717) is 21.5 Å². The van der Waals surface area contributed by atoms with Gasteiger partial charge in [0, 0.05) is 28.0 Å². The van der Waals surface area contributed by atoms with Gasteiger partial charge in [0.25, 0.3) is 0 Å². The van der Waals surface area contributed by atoms with Crippen molar-refractivity contribution in [2.75, 3.05) is 6.61 Å². The molecule has 0 aliphatic carbocycles. The summed E-state index contributed by atoms with van der Waals surface area (Å²) >= 11 is 18.6. The van der Waals surface area contributed by atoms with Gasteiger partial charge in [-0.3, -0.25) is 4.40 Å². The van der Waals surface area contributed by atoms with Gasteiger partial charge in [-0.1, -0.05) is 23.2 Å². The maximum atomic E-state index is 12.0. The maximum Gasteiger partial charge on any atom is 0.358 e. The molecule has 0 amide bonds. The zero-order valence-electron chi connectivity index (χ0n) is 13.5. The molecule has 3 rings (SSSR count). The number of esters is 1. The molecule has 2 aromatic heterocycles. The number of hydrogen-bond donors (Lipinski definition) is 0. The van der Waals surface area contributed by atoms with E-state index < -0.39 is 5.97 Å². The molecule has 130 valence electrons. The maximum absolute atomic E-state index is 12.0. The van der Waals surface area contributed by atoms with Gasteiger partial charge in [-0.05, 0) is 32.0 Å². The molecule has 0 saturated carbocycles. The van der Waals surface area contributed by atoms with Crippen LogP contribution in [0, 0.1) is 6.92 Å². The van der Waals surface area contributed by atoms with Crippen LogP contribution in [0.15, 0.2) is 24.4 Å². The van der Waals surface area contributed by atoms with E-state index in [9.17, 15) is 4.79 Å². The molecule has 0 radical (unpaired) electrons. The standard InChI is InChI=1S/C17H14Cl3N3O2/c1-3-25-16(24)14-8-23-15(11-5-4-10(19)6-13(11)20)12(7-18)9(2)21-17(23)22-14/h4-6,8H,3,7H2,1-2H3. The summed E-state index contributed by atoms with van der Waals surface area (Å²) in [5.41, 5.74) is 3.13. The van der Waals surface area contributed by atoms with Crippen molar-refractivity contribution in [2.24, 2.45) is 0 Å². The molecule has 3 aromatic rings. The van der Waals surface area contributed by atoms with Gasteiger partial charge in [-0.25, -0.2) is 14.8 Å². The molecule has 5 nitrogen and oxygen atoms in total. The van der Waals surface area contributed by atoms with Gasteiger partial charge in [0.2, 0.25) is 5.78 Å². The summed E-state index contributed by atoms with van der Waals surface area (Å²) < 4.78 is 6.72. The van der Waals surface area contributed by atoms with Crippen molar-refractivity contribution in [1.82, 2.24) is 14.4 Å². The van der Waals surface area contributed by atoms with Crippen LogP contribution in [-0.2, 0) is 10.6 Å². The lowest BCUT2D eigenvalue weighted by atomic mass is 10.1. The van der Waals surface area contributed by atoms with E-state index in [1.54, 1.807) is 35.7 Å². The molecule has 0 N–H and O–H groups in total. The highest BCUT2D eigenvalue weighted by atomic mass is 35.5. The molecule has 0 bridgehead atoms. The van der Waals surface area contributed by atoms with Crippen molar-refractivity contribution in [2.45, 2.75) is 19.7 Å². The summed E-state index contributed by atoms with van der Waals surface area (Å²) in [6.07, 6.45) is 1.58. The third-order valence-corrected chi connectivity index (χ3v) is 4.54. The molecule has 25 heavy (non-hydrogen) atoms. The van der Waals surface area contributed by atoms with E-state index >= 15 is 0 Å². The van der Waals surface area contributed by atoms with E-state index in [4.69, 9.17) is 39.5 Å². The highest BCUT2D eigenvalue weighted by Gasteiger charge is 2.20. The second-order valence-electron chi connectivity index (χ2n) is 5.30. The van der Waals surface area contributed by atoms with Gasteiger partial charge >= 0.3 is 5.97 Å². The van der Waals surface area contributed by atoms with Crippen molar-refractivity contribution >= 4 is 46.5 Å². The van der Waals surface area contributed by atoms with Gasteiger partial charge < -0.3 is 4.74 Å². The van der Waals surface area contributed by atoms with Crippen LogP contribution in [0.25, 0.3) is 17.0 Å². The summed E-state index contributed by atoms with van der Waals surface area (Å²) in [6.45, 7) is 3.84. The molecular weight excluding hydrogens is 385 g/mol. The Morgan fingerprint density at radius 2 is 2.04 bits per heavy atom. The third-order valence-electron chi connectivity index (χ3n) is 3.72. The Labute approximate surface area is 159 Å². The van der Waals surface area contributed by atoms with Gasteiger partial charge in [0.1, 0.15) is 0 Å². The minimum Gasteiger partial charge on any atom is -0.461 e. The summed E-state index contributed by atoms with van der Waals surface area (Å²) in [5, 5.41) is 0.998. The molecule has 0 aliphatic heterocycles. The quantitative estimate of drug-likeness (QED) is 0.462. The minimum atomic E-state index is -0.508. The summed E-state index contributed by atoms with van der Waals surface area (Å²) in [6, 6.07) is 5.20. The third kappa shape index (κ3) is 3.32. The number of rotatable bonds is 4. The van der Waals surface area contributed by atoms with E-state index in [0.717, 1.165) is 16.8 Å². The van der Waals surface area contributed by atoms with Gasteiger partial charge in [0.05, 0.1) is 23.2 Å². The van der Waals surface area contributed by atoms with E-state index in [-0.39, 0.29) is 18.2 Å². The normalized spacial score (nSPS) is 11.1. The highest BCUT2D eigenvalue weighted by Crippen LogP contribution is 2.34. The molecule has 0 fully saturated rings. The Morgan fingerprint density at radius 1 is 1.28 bits per heavy atom. The Kier molecular flexibility index (Phi) is 5.18. The Balaban J connectivity index is 2.32. The number of benzene rings is 1. The van der Waals surface area contributed by atoms with Crippen molar-refractivity contribution in [1.29, 1.82) is 0 Å². The number of aryl methyl sites for hydroxylation is 1. The lowest BCUT2D eigenvalue weighted by molar-refractivity contribution is 0.0520. The van der Waals surface area contributed by atoms with Crippen LogP contribution in [0.1, 0.15) is 28.7 Å². The first-order valence-corrected chi connectivity index (χ1v) is 8.82. The fourth-order valence-corrected chi connectivity index (χ4v) is 3.40. The van der Waals surface area contributed by atoms with Gasteiger partial charge in [-0.2, -0.15) is 0 Å². The first kappa shape index (κ1) is 18.0. The number of carbonyl (C=O) groups excluding carboxylic acids is 1. The summed E-state index contributed by atoms with van der Waals surface area (Å²) in [5.74, 6) is 0.0948. The van der Waals surface area contributed by atoms with Crippen LogP contribution in [0.2, 0.25) is 10.0 Å². The second kappa shape index (κ2) is 7.20. The van der Waals surface area contributed by atoms with Gasteiger partial charge in [0.15, 0.2) is 5.69 Å². The van der Waals surface area contributed by atoms with Crippen LogP contribution in [0.5, 0.6) is 0 Å². The molecule has 1 aromatic carbocycles. The topological polar surface area (TPSA) is 56.5 Å². The van der Waals surface area contributed by atoms with Crippen molar-refractivity contribution < 1.29 is 9.53 Å². The van der Waals surface area contributed by atoms with Crippen molar-refractivity contribution in [3.05, 3.63) is 51.4 Å². The lowest BCUT2D eigenvalue weighted by Gasteiger charge is -2.14. The molecule has 0 atom stereocenters. The Hall–Kier alpha value is -1.82. The lowest BCUT2D eigenvalue weighted by Crippen LogP contribution is -2.04. The number of imidazole rings is 1. The van der Waals surface area contributed by atoms with E-state index in [1.807, 2.05) is 6.92 Å². The van der Waals surface area contributed by atoms with Crippen molar-refractivity contribution in [3.8, 4) is 11.3 Å². The Bertz CT molecular complexity index is 969. The number of halogens is 3. The summed E-state index contributed by atoms with van der Waals surface area (Å²) in [4.78, 5) is 20.7. The number of nitrogens with zero attached hydrogens (tertiary/aromatic N) is 3. The second-order valence-corrected chi connectivity index (χ2v) is 6.41. The first-order valence-electron chi connectivity index (χ1n) is 7.53. The van der Waals surface area contributed by atoms with Crippen LogP contribution >= 0.6 is 34.8 Å². The number of ether oxygens (including phenoxy) is 1. The molecule has 8 heteroatoms. The number of alkyl halides is 1. The zero-order chi connectivity index (χ0) is 18.1. The number of carbonyl (C=O) groups is 1. The van der Waals surface area contributed by atoms with E-state index in [2.05, 4.69) is 9.97 Å². The first-order chi connectivity index (χ1) is 12.0. The smallest absolute Gasteiger partial charge is 0.358 e. The predicted octanol–water partition coefficient (Wildman–Crippen LogP) is 4.93. The molecule has 0 unspecified atom stereocenters. The largest absolute Gasteiger partial charge is 0.461 e.